The highest BCUT2D eigenvalue weighted by Crippen LogP contribution is 1.81. The van der Waals surface area contributed by atoms with Crippen molar-refractivity contribution in [2.45, 2.75) is 19.9 Å². The average Bonchev–Trinajstić information content (AvgIpc) is 2.37. The largest absolute Gasteiger partial charge is 0.244 e. The highest BCUT2D eigenvalue weighted by atomic mass is 15.1. The Hall–Kier alpha value is -1.23. The van der Waals surface area contributed by atoms with Crippen LogP contribution in [0.25, 0.3) is 0 Å². The summed E-state index contributed by atoms with van der Waals surface area (Å²) in [5, 5.41) is 0. The lowest BCUT2D eigenvalue weighted by Crippen LogP contribution is -2.23. The van der Waals surface area contributed by atoms with E-state index in [1.165, 1.54) is 0 Å². The molecule has 0 aromatic carbocycles. The molecule has 0 N–H and O–H groups in total. The van der Waals surface area contributed by atoms with Gasteiger partial charge in [-0.3, -0.25) is 0 Å². The summed E-state index contributed by atoms with van der Waals surface area (Å²) in [4.78, 5) is 0. The fourth-order valence-corrected chi connectivity index (χ4v) is 0.867. The Labute approximate surface area is 67.5 Å². The first-order valence-corrected chi connectivity index (χ1v) is 3.79. The van der Waals surface area contributed by atoms with Gasteiger partial charge in [-0.15, -0.1) is 0 Å². The number of aryl methyl sites for hydroxylation is 1. The van der Waals surface area contributed by atoms with Gasteiger partial charge >= 0.3 is 0 Å². The third kappa shape index (κ3) is 2.46. The van der Waals surface area contributed by atoms with Gasteiger partial charge in [0.2, 0.25) is 6.33 Å². The highest BCUT2D eigenvalue weighted by molar-refractivity contribution is 4.98. The Morgan fingerprint density at radius 3 is 2.82 bits per heavy atom. The van der Waals surface area contributed by atoms with Gasteiger partial charge < -0.3 is 0 Å². The molecule has 1 rings (SSSR count). The summed E-state index contributed by atoms with van der Waals surface area (Å²) < 4.78 is 4.07. The summed E-state index contributed by atoms with van der Waals surface area (Å²) in [6.45, 7) is 2.86. The van der Waals surface area contributed by atoms with Crippen molar-refractivity contribution in [1.82, 2.24) is 4.57 Å². The van der Waals surface area contributed by atoms with Gasteiger partial charge in [0.1, 0.15) is 12.4 Å². The lowest BCUT2D eigenvalue weighted by atomic mass is 10.5. The van der Waals surface area contributed by atoms with Crippen molar-refractivity contribution in [2.75, 3.05) is 0 Å². The van der Waals surface area contributed by atoms with E-state index in [9.17, 15) is 0 Å². The van der Waals surface area contributed by atoms with Crippen molar-refractivity contribution >= 4 is 0 Å². The molecular formula is C9H13N2+. The lowest BCUT2D eigenvalue weighted by molar-refractivity contribution is -0.671. The third-order valence-corrected chi connectivity index (χ3v) is 1.39. The van der Waals surface area contributed by atoms with E-state index in [0.717, 1.165) is 13.0 Å². The summed E-state index contributed by atoms with van der Waals surface area (Å²) in [6.07, 6.45) is 6.98. The Balaban J connectivity index is 2.51. The lowest BCUT2D eigenvalue weighted by Gasteiger charge is -1.82. The second-order valence-electron chi connectivity index (χ2n) is 2.46. The molecule has 0 aliphatic rings. The zero-order valence-electron chi connectivity index (χ0n) is 7.04. The van der Waals surface area contributed by atoms with Crippen molar-refractivity contribution < 1.29 is 4.57 Å². The molecule has 0 bridgehead atoms. The summed E-state index contributed by atoms with van der Waals surface area (Å²) in [5.74, 6) is 6.09. The first kappa shape index (κ1) is 7.87. The molecule has 0 spiro atoms. The zero-order valence-corrected chi connectivity index (χ0v) is 7.04. The molecule has 2 nitrogen and oxygen atoms in total. The first-order chi connectivity index (χ1) is 5.33. The third-order valence-electron chi connectivity index (χ3n) is 1.39. The van der Waals surface area contributed by atoms with Gasteiger partial charge in [0.05, 0.1) is 7.05 Å². The molecule has 0 aliphatic heterocycles. The predicted octanol–water partition coefficient (Wildman–Crippen LogP) is 0.726. The normalized spacial score (nSPS) is 8.91. The number of imidazole rings is 1. The fourth-order valence-electron chi connectivity index (χ4n) is 0.867. The molecule has 0 amide bonds. The minimum absolute atomic E-state index is 0.800. The highest BCUT2D eigenvalue weighted by Gasteiger charge is 1.94. The quantitative estimate of drug-likeness (QED) is 0.411. The van der Waals surface area contributed by atoms with Crippen LogP contribution in [0.1, 0.15) is 13.3 Å². The number of rotatable bonds is 1. The second-order valence-corrected chi connectivity index (χ2v) is 2.46. The molecule has 0 saturated carbocycles. The van der Waals surface area contributed by atoms with Gasteiger partial charge in [0, 0.05) is 6.42 Å². The smallest absolute Gasteiger partial charge is 0.240 e. The fraction of sp³-hybridized carbons (Fsp3) is 0.444. The topological polar surface area (TPSA) is 8.81 Å². The van der Waals surface area contributed by atoms with Crippen LogP contribution in [0.2, 0.25) is 0 Å². The van der Waals surface area contributed by atoms with E-state index >= 15 is 0 Å². The molecule has 1 heterocycles. The summed E-state index contributed by atoms with van der Waals surface area (Å²) in [7, 11) is 2.00. The van der Waals surface area contributed by atoms with E-state index in [2.05, 4.69) is 23.3 Å². The standard InChI is InChI=1S/C9H13N2/c1-3-4-5-6-11-8-7-10(2)9-11/h7-9H,3,6H2,1-2H3/q+1. The van der Waals surface area contributed by atoms with Crippen LogP contribution < -0.4 is 4.57 Å². The second kappa shape index (κ2) is 3.82. The Morgan fingerprint density at radius 2 is 2.27 bits per heavy atom. The van der Waals surface area contributed by atoms with Crippen LogP contribution in [-0.2, 0) is 13.6 Å². The van der Waals surface area contributed by atoms with Gasteiger partial charge in [-0.1, -0.05) is 18.8 Å². The molecule has 0 unspecified atom stereocenters. The molecule has 1 aromatic heterocycles. The molecule has 0 atom stereocenters. The van der Waals surface area contributed by atoms with Crippen LogP contribution in [0, 0.1) is 11.8 Å². The van der Waals surface area contributed by atoms with Gasteiger partial charge in [-0.2, -0.15) is 0 Å². The molecule has 0 saturated heterocycles. The summed E-state index contributed by atoms with van der Waals surface area (Å²) >= 11 is 0. The van der Waals surface area contributed by atoms with E-state index < -0.39 is 0 Å². The molecule has 11 heavy (non-hydrogen) atoms. The number of aromatic nitrogens is 2. The molecule has 1 aromatic rings. The van der Waals surface area contributed by atoms with Crippen LogP contribution in [0.3, 0.4) is 0 Å². The molecule has 0 fully saturated rings. The van der Waals surface area contributed by atoms with Crippen LogP contribution in [0.15, 0.2) is 18.7 Å². The van der Waals surface area contributed by atoms with E-state index in [1.807, 2.05) is 30.3 Å². The Kier molecular flexibility index (Phi) is 2.74. The van der Waals surface area contributed by atoms with Crippen molar-refractivity contribution in [1.29, 1.82) is 0 Å². The van der Waals surface area contributed by atoms with E-state index in [1.54, 1.807) is 0 Å². The Bertz CT molecular complexity index is 275. The van der Waals surface area contributed by atoms with Gasteiger partial charge in [-0.05, 0) is 0 Å². The van der Waals surface area contributed by atoms with Crippen molar-refractivity contribution in [3.63, 3.8) is 0 Å². The number of hydrogen-bond acceptors (Lipinski definition) is 0. The van der Waals surface area contributed by atoms with E-state index in [-0.39, 0.29) is 0 Å². The summed E-state index contributed by atoms with van der Waals surface area (Å²) in [6, 6.07) is 0. The molecule has 0 aliphatic carbocycles. The predicted molar refractivity (Wildman–Crippen MR) is 43.7 cm³/mol. The van der Waals surface area contributed by atoms with Crippen molar-refractivity contribution in [3.05, 3.63) is 18.7 Å². The van der Waals surface area contributed by atoms with Gasteiger partial charge in [0.15, 0.2) is 6.54 Å². The van der Waals surface area contributed by atoms with E-state index in [0.29, 0.717) is 0 Å². The molecule has 58 valence electrons. The van der Waals surface area contributed by atoms with Crippen LogP contribution in [0.5, 0.6) is 0 Å². The minimum atomic E-state index is 0.800. The molecule has 0 radical (unpaired) electrons. The Morgan fingerprint density at radius 1 is 1.45 bits per heavy atom. The zero-order chi connectivity index (χ0) is 8.10. The van der Waals surface area contributed by atoms with Gasteiger partial charge in [0.25, 0.3) is 0 Å². The maximum Gasteiger partial charge on any atom is 0.244 e. The van der Waals surface area contributed by atoms with Crippen molar-refractivity contribution in [3.8, 4) is 11.8 Å². The van der Waals surface area contributed by atoms with Gasteiger partial charge in [-0.25, -0.2) is 9.13 Å². The van der Waals surface area contributed by atoms with Crippen molar-refractivity contribution in [2.24, 2.45) is 7.05 Å². The van der Waals surface area contributed by atoms with Crippen LogP contribution >= 0.6 is 0 Å². The van der Waals surface area contributed by atoms with Crippen LogP contribution in [-0.4, -0.2) is 4.57 Å². The minimum Gasteiger partial charge on any atom is -0.240 e. The maximum absolute atomic E-state index is 3.06. The monoisotopic (exact) mass is 149 g/mol. The first-order valence-electron chi connectivity index (χ1n) is 3.79. The maximum atomic E-state index is 3.06. The van der Waals surface area contributed by atoms with E-state index in [4.69, 9.17) is 0 Å². The summed E-state index contributed by atoms with van der Waals surface area (Å²) in [5.41, 5.74) is 0. The van der Waals surface area contributed by atoms with Crippen LogP contribution in [0.4, 0.5) is 0 Å². The molecule has 2 heteroatoms. The number of hydrogen-bond donors (Lipinski definition) is 0. The average molecular weight is 149 g/mol. The number of nitrogens with zero attached hydrogens (tertiary/aromatic N) is 2. The molecular weight excluding hydrogens is 136 g/mol. The SMILES string of the molecule is CCC#CCn1cc[n+](C)c1.